The molecule has 0 atom stereocenters. The molecule has 1 heterocycles. The van der Waals surface area contributed by atoms with Crippen LogP contribution in [0.3, 0.4) is 0 Å². The van der Waals surface area contributed by atoms with E-state index in [1.165, 1.54) is 11.1 Å². The summed E-state index contributed by atoms with van der Waals surface area (Å²) in [6.45, 7) is 4.22. The van der Waals surface area contributed by atoms with Crippen molar-refractivity contribution < 1.29 is 0 Å². The minimum absolute atomic E-state index is 0.673. The fourth-order valence-corrected chi connectivity index (χ4v) is 2.98. The van der Waals surface area contributed by atoms with Crippen LogP contribution in [0.4, 0.5) is 11.5 Å². The number of aryl methyl sites for hydroxylation is 2. The van der Waals surface area contributed by atoms with E-state index in [1.807, 2.05) is 48.5 Å². The zero-order valence-electron chi connectivity index (χ0n) is 14.6. The number of aromatic nitrogens is 2. The van der Waals surface area contributed by atoms with E-state index in [0.717, 1.165) is 28.0 Å². The number of hydrogen-bond donors (Lipinski definition) is 1. The summed E-state index contributed by atoms with van der Waals surface area (Å²) in [6, 6.07) is 21.9. The van der Waals surface area contributed by atoms with Crippen LogP contribution in [-0.2, 0) is 0 Å². The maximum absolute atomic E-state index is 6.01. The molecule has 4 rings (SSSR count). The van der Waals surface area contributed by atoms with Crippen LogP contribution in [0.5, 0.6) is 0 Å². The molecular formula is C22H18ClN3. The first kappa shape index (κ1) is 16.6. The maximum Gasteiger partial charge on any atom is 0.162 e. The summed E-state index contributed by atoms with van der Waals surface area (Å²) in [5.74, 6) is 1.47. The molecule has 0 aliphatic carbocycles. The minimum atomic E-state index is 0.673. The summed E-state index contributed by atoms with van der Waals surface area (Å²) in [4.78, 5) is 9.50. The van der Waals surface area contributed by atoms with E-state index in [0.29, 0.717) is 10.8 Å². The summed E-state index contributed by atoms with van der Waals surface area (Å²) < 4.78 is 0. The predicted octanol–water partition coefficient (Wildman–Crippen LogP) is 6.31. The van der Waals surface area contributed by atoms with Gasteiger partial charge in [-0.1, -0.05) is 29.8 Å². The molecule has 3 aromatic carbocycles. The molecule has 0 saturated heterocycles. The first-order valence-electron chi connectivity index (χ1n) is 8.47. The Hall–Kier alpha value is -2.91. The summed E-state index contributed by atoms with van der Waals surface area (Å²) in [5.41, 5.74) is 5.36. The predicted molar refractivity (Wildman–Crippen MR) is 109 cm³/mol. The quantitative estimate of drug-likeness (QED) is 0.465. The molecule has 4 heteroatoms. The minimum Gasteiger partial charge on any atom is -0.340 e. The van der Waals surface area contributed by atoms with Gasteiger partial charge in [-0.25, -0.2) is 9.97 Å². The first-order valence-corrected chi connectivity index (χ1v) is 8.85. The molecule has 0 radical (unpaired) electrons. The largest absolute Gasteiger partial charge is 0.340 e. The number of benzene rings is 3. The molecule has 1 aromatic heterocycles. The Bertz CT molecular complexity index is 1090. The van der Waals surface area contributed by atoms with Crippen molar-refractivity contribution in [2.24, 2.45) is 0 Å². The monoisotopic (exact) mass is 359 g/mol. The van der Waals surface area contributed by atoms with Crippen LogP contribution in [-0.4, -0.2) is 9.97 Å². The summed E-state index contributed by atoms with van der Waals surface area (Å²) in [6.07, 6.45) is 0. The lowest BCUT2D eigenvalue weighted by Gasteiger charge is -2.12. The second-order valence-corrected chi connectivity index (χ2v) is 6.78. The van der Waals surface area contributed by atoms with Gasteiger partial charge in [0.25, 0.3) is 0 Å². The van der Waals surface area contributed by atoms with E-state index in [4.69, 9.17) is 21.6 Å². The molecule has 128 valence electrons. The molecule has 26 heavy (non-hydrogen) atoms. The fraction of sp³-hybridized carbons (Fsp3) is 0.0909. The number of nitrogens with one attached hydrogen (secondary N) is 1. The van der Waals surface area contributed by atoms with Crippen molar-refractivity contribution in [2.75, 3.05) is 5.32 Å². The molecule has 0 fully saturated rings. The molecule has 0 spiro atoms. The van der Waals surface area contributed by atoms with E-state index < -0.39 is 0 Å². The SMILES string of the molecule is Cc1ccc(Nc2nc(-c3ccc(Cl)cc3)nc3ccccc23)cc1C. The third-order valence-electron chi connectivity index (χ3n) is 4.48. The highest BCUT2D eigenvalue weighted by molar-refractivity contribution is 6.30. The molecule has 0 amide bonds. The summed E-state index contributed by atoms with van der Waals surface area (Å²) in [7, 11) is 0. The van der Waals surface area contributed by atoms with Gasteiger partial charge in [-0.3, -0.25) is 0 Å². The topological polar surface area (TPSA) is 37.8 Å². The van der Waals surface area contributed by atoms with Gasteiger partial charge in [0.15, 0.2) is 5.82 Å². The number of anilines is 2. The smallest absolute Gasteiger partial charge is 0.162 e. The molecule has 4 aromatic rings. The molecule has 0 aliphatic rings. The first-order chi connectivity index (χ1) is 12.6. The Kier molecular flexibility index (Phi) is 4.31. The van der Waals surface area contributed by atoms with Gasteiger partial charge < -0.3 is 5.32 Å². The van der Waals surface area contributed by atoms with Crippen LogP contribution in [0.25, 0.3) is 22.3 Å². The third kappa shape index (κ3) is 3.26. The van der Waals surface area contributed by atoms with Crippen LogP contribution < -0.4 is 5.32 Å². The van der Waals surface area contributed by atoms with E-state index in [9.17, 15) is 0 Å². The number of rotatable bonds is 3. The van der Waals surface area contributed by atoms with Gasteiger partial charge in [0, 0.05) is 21.7 Å². The fourth-order valence-electron chi connectivity index (χ4n) is 2.86. The number of hydrogen-bond acceptors (Lipinski definition) is 3. The molecule has 1 N–H and O–H groups in total. The van der Waals surface area contributed by atoms with Crippen molar-refractivity contribution >= 4 is 34.0 Å². The zero-order valence-corrected chi connectivity index (χ0v) is 15.4. The van der Waals surface area contributed by atoms with Gasteiger partial charge in [0.2, 0.25) is 0 Å². The van der Waals surface area contributed by atoms with Crippen molar-refractivity contribution in [3.63, 3.8) is 0 Å². The van der Waals surface area contributed by atoms with Gasteiger partial charge in [-0.05, 0) is 73.5 Å². The number of nitrogens with zero attached hydrogens (tertiary/aromatic N) is 2. The average molecular weight is 360 g/mol. The lowest BCUT2D eigenvalue weighted by molar-refractivity contribution is 1.22. The molecule has 0 saturated carbocycles. The highest BCUT2D eigenvalue weighted by Crippen LogP contribution is 2.28. The van der Waals surface area contributed by atoms with Gasteiger partial charge in [-0.15, -0.1) is 0 Å². The number of halogens is 1. The standard InChI is InChI=1S/C22H18ClN3/c1-14-7-12-18(13-15(14)2)24-22-19-5-3-4-6-20(19)25-21(26-22)16-8-10-17(23)11-9-16/h3-13H,1-2H3,(H,24,25,26). The van der Waals surface area contributed by atoms with Crippen LogP contribution in [0.2, 0.25) is 5.02 Å². The van der Waals surface area contributed by atoms with Crippen LogP contribution in [0.1, 0.15) is 11.1 Å². The zero-order chi connectivity index (χ0) is 18.1. The highest BCUT2D eigenvalue weighted by atomic mass is 35.5. The second kappa shape index (κ2) is 6.77. The average Bonchev–Trinajstić information content (AvgIpc) is 2.65. The normalized spacial score (nSPS) is 10.9. The summed E-state index contributed by atoms with van der Waals surface area (Å²) in [5, 5.41) is 5.15. The molecular weight excluding hydrogens is 342 g/mol. The molecule has 0 unspecified atom stereocenters. The van der Waals surface area contributed by atoms with Gasteiger partial charge in [0.1, 0.15) is 5.82 Å². The Balaban J connectivity index is 1.84. The van der Waals surface area contributed by atoms with Gasteiger partial charge >= 0.3 is 0 Å². The Morgan fingerprint density at radius 2 is 1.58 bits per heavy atom. The Labute approximate surface area is 157 Å². The van der Waals surface area contributed by atoms with Crippen LogP contribution >= 0.6 is 11.6 Å². The van der Waals surface area contributed by atoms with Crippen molar-refractivity contribution in [3.8, 4) is 11.4 Å². The Morgan fingerprint density at radius 1 is 0.808 bits per heavy atom. The number of fused-ring (bicyclic) bond motifs is 1. The lowest BCUT2D eigenvalue weighted by Crippen LogP contribution is -2.00. The van der Waals surface area contributed by atoms with Gasteiger partial charge in [0.05, 0.1) is 5.52 Å². The lowest BCUT2D eigenvalue weighted by atomic mass is 10.1. The molecule has 3 nitrogen and oxygen atoms in total. The van der Waals surface area contributed by atoms with Crippen molar-refractivity contribution in [3.05, 3.63) is 82.9 Å². The van der Waals surface area contributed by atoms with Crippen LogP contribution in [0, 0.1) is 13.8 Å². The van der Waals surface area contributed by atoms with E-state index in [1.54, 1.807) is 0 Å². The Morgan fingerprint density at radius 3 is 2.35 bits per heavy atom. The van der Waals surface area contributed by atoms with E-state index in [2.05, 4.69) is 37.4 Å². The molecule has 0 bridgehead atoms. The maximum atomic E-state index is 6.01. The summed E-state index contributed by atoms with van der Waals surface area (Å²) >= 11 is 6.01. The second-order valence-electron chi connectivity index (χ2n) is 6.34. The van der Waals surface area contributed by atoms with Gasteiger partial charge in [-0.2, -0.15) is 0 Å². The van der Waals surface area contributed by atoms with Crippen LogP contribution in [0.15, 0.2) is 66.7 Å². The highest BCUT2D eigenvalue weighted by Gasteiger charge is 2.10. The van der Waals surface area contributed by atoms with Crippen molar-refractivity contribution in [2.45, 2.75) is 13.8 Å². The van der Waals surface area contributed by atoms with Crippen molar-refractivity contribution in [1.82, 2.24) is 9.97 Å². The number of para-hydroxylation sites is 1. The van der Waals surface area contributed by atoms with E-state index in [-0.39, 0.29) is 0 Å². The van der Waals surface area contributed by atoms with Crippen molar-refractivity contribution in [1.29, 1.82) is 0 Å². The third-order valence-corrected chi connectivity index (χ3v) is 4.73. The molecule has 0 aliphatic heterocycles. The van der Waals surface area contributed by atoms with E-state index >= 15 is 0 Å².